The normalized spacial score (nSPS) is 20.2. The van der Waals surface area contributed by atoms with Gasteiger partial charge in [0.2, 0.25) is 0 Å². The maximum Gasteiger partial charge on any atom is 0.0944 e. The van der Waals surface area contributed by atoms with Crippen molar-refractivity contribution >= 4 is 11.3 Å². The van der Waals surface area contributed by atoms with Gasteiger partial charge in [-0.3, -0.25) is 11.3 Å². The Bertz CT molecular complexity index is 427. The molecule has 20 heavy (non-hydrogen) atoms. The topological polar surface area (TPSA) is 50.9 Å². The van der Waals surface area contributed by atoms with E-state index in [0.29, 0.717) is 11.5 Å². The molecule has 0 bridgehead atoms. The summed E-state index contributed by atoms with van der Waals surface area (Å²) in [4.78, 5) is 4.83. The summed E-state index contributed by atoms with van der Waals surface area (Å²) in [5.41, 5.74) is 4.81. The Morgan fingerprint density at radius 1 is 1.40 bits per heavy atom. The molecule has 4 heteroatoms. The van der Waals surface area contributed by atoms with Gasteiger partial charge < -0.3 is 0 Å². The van der Waals surface area contributed by atoms with Crippen LogP contribution in [0.2, 0.25) is 0 Å². The quantitative estimate of drug-likeness (QED) is 0.642. The highest BCUT2D eigenvalue weighted by molar-refractivity contribution is 7.09. The Balaban J connectivity index is 2.12. The summed E-state index contributed by atoms with van der Waals surface area (Å²) in [6, 6.07) is 0.356. The summed E-state index contributed by atoms with van der Waals surface area (Å²) in [5, 5.41) is 3.42. The van der Waals surface area contributed by atoms with Crippen LogP contribution in [0.25, 0.3) is 0 Å². The Morgan fingerprint density at radius 2 is 2.05 bits per heavy atom. The molecule has 2 rings (SSSR count). The molecule has 0 radical (unpaired) electrons. The minimum Gasteiger partial charge on any atom is -0.271 e. The lowest BCUT2D eigenvalue weighted by Crippen LogP contribution is -2.48. The SMILES string of the molecule is CCC1(C(Cc2nc(C(C)(C)C)cs2)NN)CCCC1. The number of thiazole rings is 1. The van der Waals surface area contributed by atoms with E-state index < -0.39 is 0 Å². The predicted octanol–water partition coefficient (Wildman–Crippen LogP) is 3.79. The van der Waals surface area contributed by atoms with E-state index in [1.165, 1.54) is 42.8 Å². The fourth-order valence-electron chi connectivity index (χ4n) is 3.40. The van der Waals surface area contributed by atoms with E-state index in [-0.39, 0.29) is 5.41 Å². The second-order valence-electron chi connectivity index (χ2n) is 7.22. The van der Waals surface area contributed by atoms with E-state index in [1.807, 2.05) is 0 Å². The summed E-state index contributed by atoms with van der Waals surface area (Å²) < 4.78 is 0. The lowest BCUT2D eigenvalue weighted by Gasteiger charge is -2.36. The van der Waals surface area contributed by atoms with Crippen LogP contribution in [-0.4, -0.2) is 11.0 Å². The van der Waals surface area contributed by atoms with Crippen LogP contribution in [0.1, 0.15) is 70.5 Å². The van der Waals surface area contributed by atoms with Gasteiger partial charge in [-0.05, 0) is 24.7 Å². The second kappa shape index (κ2) is 6.12. The molecule has 0 saturated heterocycles. The fourth-order valence-corrected chi connectivity index (χ4v) is 4.47. The lowest BCUT2D eigenvalue weighted by atomic mass is 9.75. The summed E-state index contributed by atoms with van der Waals surface area (Å²) >= 11 is 1.78. The number of hydrogen-bond acceptors (Lipinski definition) is 4. The maximum atomic E-state index is 5.88. The molecule has 1 heterocycles. The molecule has 0 aromatic carbocycles. The smallest absolute Gasteiger partial charge is 0.0944 e. The third kappa shape index (κ3) is 3.23. The molecule has 0 amide bonds. The van der Waals surface area contributed by atoms with Gasteiger partial charge in [-0.25, -0.2) is 4.98 Å². The van der Waals surface area contributed by atoms with Crippen molar-refractivity contribution in [1.29, 1.82) is 0 Å². The van der Waals surface area contributed by atoms with Crippen molar-refractivity contribution in [3.63, 3.8) is 0 Å². The summed E-state index contributed by atoms with van der Waals surface area (Å²) in [6.07, 6.45) is 7.46. The van der Waals surface area contributed by atoms with Crippen LogP contribution in [0, 0.1) is 5.41 Å². The molecule has 0 spiro atoms. The number of nitrogens with zero attached hydrogens (tertiary/aromatic N) is 1. The van der Waals surface area contributed by atoms with E-state index in [4.69, 9.17) is 10.8 Å². The van der Waals surface area contributed by atoms with Crippen molar-refractivity contribution in [3.8, 4) is 0 Å². The number of nitrogens with one attached hydrogen (secondary N) is 1. The van der Waals surface area contributed by atoms with Crippen LogP contribution >= 0.6 is 11.3 Å². The number of hydrazine groups is 1. The molecule has 1 aliphatic rings. The van der Waals surface area contributed by atoms with Crippen molar-refractivity contribution in [2.75, 3.05) is 0 Å². The van der Waals surface area contributed by atoms with Gasteiger partial charge in [-0.1, -0.05) is 40.5 Å². The van der Waals surface area contributed by atoms with Crippen LogP contribution in [0.4, 0.5) is 0 Å². The van der Waals surface area contributed by atoms with Gasteiger partial charge in [0.15, 0.2) is 0 Å². The summed E-state index contributed by atoms with van der Waals surface area (Å²) in [6.45, 7) is 8.96. The standard InChI is InChI=1S/C16H29N3S/c1-5-16(8-6-7-9-16)12(19-17)10-14-18-13(11-20-14)15(2,3)4/h11-12,19H,5-10,17H2,1-4H3. The molecule has 114 valence electrons. The van der Waals surface area contributed by atoms with E-state index in [9.17, 15) is 0 Å². The highest BCUT2D eigenvalue weighted by Gasteiger charge is 2.39. The minimum absolute atomic E-state index is 0.135. The predicted molar refractivity (Wildman–Crippen MR) is 86.8 cm³/mol. The molecule has 1 aliphatic carbocycles. The largest absolute Gasteiger partial charge is 0.271 e. The molecular weight excluding hydrogens is 266 g/mol. The monoisotopic (exact) mass is 295 g/mol. The molecule has 3 nitrogen and oxygen atoms in total. The van der Waals surface area contributed by atoms with Crippen LogP contribution in [0.15, 0.2) is 5.38 Å². The molecule has 1 aromatic rings. The number of hydrogen-bond donors (Lipinski definition) is 2. The van der Waals surface area contributed by atoms with Gasteiger partial charge >= 0.3 is 0 Å². The van der Waals surface area contributed by atoms with Gasteiger partial charge in [-0.15, -0.1) is 11.3 Å². The van der Waals surface area contributed by atoms with Crippen LogP contribution in [0.3, 0.4) is 0 Å². The number of nitrogens with two attached hydrogens (primary N) is 1. The zero-order valence-corrected chi connectivity index (χ0v) is 14.1. The third-order valence-corrected chi connectivity index (χ3v) is 5.81. The maximum absolute atomic E-state index is 5.88. The Hall–Kier alpha value is -0.450. The van der Waals surface area contributed by atoms with Crippen LogP contribution in [0.5, 0.6) is 0 Å². The highest BCUT2D eigenvalue weighted by atomic mass is 32.1. The first-order valence-electron chi connectivity index (χ1n) is 7.82. The Kier molecular flexibility index (Phi) is 4.88. The molecule has 1 fully saturated rings. The van der Waals surface area contributed by atoms with E-state index in [0.717, 1.165) is 6.42 Å². The zero-order valence-electron chi connectivity index (χ0n) is 13.3. The zero-order chi connectivity index (χ0) is 14.8. The Labute approximate surface area is 127 Å². The average molecular weight is 295 g/mol. The van der Waals surface area contributed by atoms with Crippen molar-refractivity contribution in [2.45, 2.75) is 77.7 Å². The number of aromatic nitrogens is 1. The van der Waals surface area contributed by atoms with Gasteiger partial charge in [0.1, 0.15) is 0 Å². The molecule has 3 N–H and O–H groups in total. The molecule has 1 aromatic heterocycles. The van der Waals surface area contributed by atoms with Crippen LogP contribution < -0.4 is 11.3 Å². The summed E-state index contributed by atoms with van der Waals surface area (Å²) in [5.74, 6) is 5.88. The number of rotatable bonds is 5. The van der Waals surface area contributed by atoms with Gasteiger partial charge in [0, 0.05) is 23.3 Å². The van der Waals surface area contributed by atoms with Crippen molar-refractivity contribution in [3.05, 3.63) is 16.1 Å². The van der Waals surface area contributed by atoms with Crippen molar-refractivity contribution in [2.24, 2.45) is 11.3 Å². The van der Waals surface area contributed by atoms with E-state index >= 15 is 0 Å². The molecule has 1 atom stereocenters. The van der Waals surface area contributed by atoms with Gasteiger partial charge in [0.05, 0.1) is 10.7 Å². The first-order chi connectivity index (χ1) is 9.41. The second-order valence-corrected chi connectivity index (χ2v) is 8.17. The fraction of sp³-hybridized carbons (Fsp3) is 0.812. The first kappa shape index (κ1) is 15.9. The first-order valence-corrected chi connectivity index (χ1v) is 8.70. The molecular formula is C16H29N3S. The molecule has 0 aliphatic heterocycles. The summed E-state index contributed by atoms with van der Waals surface area (Å²) in [7, 11) is 0. The lowest BCUT2D eigenvalue weighted by molar-refractivity contribution is 0.185. The van der Waals surface area contributed by atoms with Gasteiger partial charge in [0.25, 0.3) is 0 Å². The molecule has 1 saturated carbocycles. The minimum atomic E-state index is 0.135. The van der Waals surface area contributed by atoms with Crippen LogP contribution in [-0.2, 0) is 11.8 Å². The van der Waals surface area contributed by atoms with E-state index in [2.05, 4.69) is 38.5 Å². The molecule has 1 unspecified atom stereocenters. The third-order valence-electron chi connectivity index (χ3n) is 4.94. The highest BCUT2D eigenvalue weighted by Crippen LogP contribution is 2.44. The van der Waals surface area contributed by atoms with Crippen molar-refractivity contribution < 1.29 is 0 Å². The van der Waals surface area contributed by atoms with Crippen molar-refractivity contribution in [1.82, 2.24) is 10.4 Å². The van der Waals surface area contributed by atoms with Gasteiger partial charge in [-0.2, -0.15) is 0 Å². The average Bonchev–Trinajstić information content (AvgIpc) is 3.05. The van der Waals surface area contributed by atoms with E-state index in [1.54, 1.807) is 11.3 Å². The Morgan fingerprint density at radius 3 is 2.50 bits per heavy atom.